The molecule has 0 unspecified atom stereocenters. The highest BCUT2D eigenvalue weighted by atomic mass is 32.2. The standard InChI is InChI=1S/C24H18N2O5S3/c1-13-5-7-14(8-6-13)20-19(21(27)17-4-3-11-32-17)22(28)23(29)26(20)24-25-16-10-9-15(34(2,30)31)12-18(16)33-24/h3-12,20,28H,1-2H3/t20-/m0/s1. The second-order valence-corrected chi connectivity index (χ2v) is 11.9. The van der Waals surface area contributed by atoms with Crippen LogP contribution in [0.5, 0.6) is 0 Å². The molecule has 2 aromatic heterocycles. The Labute approximate surface area is 203 Å². The summed E-state index contributed by atoms with van der Waals surface area (Å²) in [6.07, 6.45) is 1.12. The Morgan fingerprint density at radius 1 is 1.12 bits per heavy atom. The van der Waals surface area contributed by atoms with E-state index in [2.05, 4.69) is 4.98 Å². The second-order valence-electron chi connectivity index (χ2n) is 7.96. The van der Waals surface area contributed by atoms with Crippen molar-refractivity contribution in [2.24, 2.45) is 0 Å². The van der Waals surface area contributed by atoms with Crippen LogP contribution in [-0.4, -0.2) is 36.5 Å². The first-order valence-electron chi connectivity index (χ1n) is 10.2. The average Bonchev–Trinajstić information content (AvgIpc) is 3.52. The van der Waals surface area contributed by atoms with Crippen molar-refractivity contribution in [2.75, 3.05) is 11.2 Å². The van der Waals surface area contributed by atoms with Crippen LogP contribution in [0.25, 0.3) is 10.2 Å². The molecule has 0 bridgehead atoms. The molecule has 1 aliphatic heterocycles. The maximum absolute atomic E-state index is 13.3. The van der Waals surface area contributed by atoms with Crippen LogP contribution in [0.15, 0.2) is 76.2 Å². The molecule has 4 aromatic rings. The molecule has 34 heavy (non-hydrogen) atoms. The number of thiazole rings is 1. The number of thiophene rings is 1. The molecule has 2 aromatic carbocycles. The zero-order valence-corrected chi connectivity index (χ0v) is 20.5. The number of aryl methyl sites for hydroxylation is 1. The maximum atomic E-state index is 13.3. The van der Waals surface area contributed by atoms with E-state index in [4.69, 9.17) is 0 Å². The zero-order valence-electron chi connectivity index (χ0n) is 18.1. The fraction of sp³-hybridized carbons (Fsp3) is 0.125. The molecule has 0 spiro atoms. The summed E-state index contributed by atoms with van der Waals surface area (Å²) in [5.41, 5.74) is 2.17. The first kappa shape index (κ1) is 22.5. The van der Waals surface area contributed by atoms with Crippen LogP contribution >= 0.6 is 22.7 Å². The minimum absolute atomic E-state index is 0.00705. The van der Waals surface area contributed by atoms with E-state index < -0.39 is 33.3 Å². The number of nitrogens with zero attached hydrogens (tertiary/aromatic N) is 2. The van der Waals surface area contributed by atoms with Gasteiger partial charge in [0.1, 0.15) is 0 Å². The summed E-state index contributed by atoms with van der Waals surface area (Å²) >= 11 is 2.36. The Morgan fingerprint density at radius 3 is 2.50 bits per heavy atom. The number of aliphatic hydroxyl groups excluding tert-OH is 1. The molecule has 1 atom stereocenters. The minimum atomic E-state index is -3.42. The number of carbonyl (C=O) groups is 2. The first-order valence-corrected chi connectivity index (χ1v) is 13.8. The molecular formula is C24H18N2O5S3. The zero-order chi connectivity index (χ0) is 24.2. The van der Waals surface area contributed by atoms with E-state index in [1.54, 1.807) is 23.6 Å². The van der Waals surface area contributed by atoms with E-state index in [0.29, 0.717) is 20.7 Å². The van der Waals surface area contributed by atoms with Crippen molar-refractivity contribution in [2.45, 2.75) is 17.9 Å². The number of hydrogen-bond acceptors (Lipinski definition) is 8. The van der Waals surface area contributed by atoms with Crippen LogP contribution in [0.1, 0.15) is 26.8 Å². The Bertz CT molecular complexity index is 1580. The molecule has 0 aliphatic carbocycles. The molecule has 5 rings (SSSR count). The van der Waals surface area contributed by atoms with Gasteiger partial charge in [0.05, 0.1) is 31.6 Å². The Kier molecular flexibility index (Phi) is 5.38. The predicted octanol–water partition coefficient (Wildman–Crippen LogP) is 4.85. The van der Waals surface area contributed by atoms with Crippen molar-refractivity contribution < 1.29 is 23.1 Å². The van der Waals surface area contributed by atoms with E-state index in [1.807, 2.05) is 31.2 Å². The molecule has 10 heteroatoms. The lowest BCUT2D eigenvalue weighted by Gasteiger charge is -2.24. The summed E-state index contributed by atoms with van der Waals surface area (Å²) in [6, 6.07) is 14.4. The largest absolute Gasteiger partial charge is 0.503 e. The van der Waals surface area contributed by atoms with E-state index in [-0.39, 0.29) is 15.6 Å². The number of rotatable bonds is 5. The monoisotopic (exact) mass is 510 g/mol. The van der Waals surface area contributed by atoms with E-state index in [9.17, 15) is 23.1 Å². The smallest absolute Gasteiger partial charge is 0.296 e. The SMILES string of the molecule is Cc1ccc([C@H]2C(C(=O)c3cccs3)=C(O)C(=O)N2c2nc3ccc(S(C)(=O)=O)cc3s2)cc1. The molecule has 1 amide bonds. The van der Waals surface area contributed by atoms with Gasteiger partial charge in [-0.25, -0.2) is 13.4 Å². The quantitative estimate of drug-likeness (QED) is 0.385. The van der Waals surface area contributed by atoms with Crippen molar-refractivity contribution >= 4 is 59.5 Å². The molecule has 0 fully saturated rings. The number of carbonyl (C=O) groups excluding carboxylic acids is 2. The molecule has 172 valence electrons. The summed E-state index contributed by atoms with van der Waals surface area (Å²) < 4.78 is 24.5. The lowest BCUT2D eigenvalue weighted by atomic mass is 9.95. The number of aromatic nitrogens is 1. The number of amides is 1. The highest BCUT2D eigenvalue weighted by Crippen LogP contribution is 2.44. The van der Waals surface area contributed by atoms with Gasteiger partial charge in [0.15, 0.2) is 20.7 Å². The molecule has 0 radical (unpaired) electrons. The van der Waals surface area contributed by atoms with Crippen molar-refractivity contribution in [3.63, 3.8) is 0 Å². The van der Waals surface area contributed by atoms with Crippen LogP contribution in [0.2, 0.25) is 0 Å². The number of benzene rings is 2. The fourth-order valence-corrected chi connectivity index (χ4v) is 6.30. The highest BCUT2D eigenvalue weighted by molar-refractivity contribution is 7.90. The van der Waals surface area contributed by atoms with Gasteiger partial charge in [-0.15, -0.1) is 11.3 Å². The van der Waals surface area contributed by atoms with Crippen LogP contribution in [0.4, 0.5) is 5.13 Å². The summed E-state index contributed by atoms with van der Waals surface area (Å²) in [5, 5.41) is 12.9. The molecule has 1 N–H and O–H groups in total. The maximum Gasteiger partial charge on any atom is 0.296 e. The Balaban J connectivity index is 1.67. The van der Waals surface area contributed by atoms with Crippen molar-refractivity contribution in [1.82, 2.24) is 4.98 Å². The summed E-state index contributed by atoms with van der Waals surface area (Å²) in [5.74, 6) is -1.76. The molecule has 0 saturated carbocycles. The number of hydrogen-bond donors (Lipinski definition) is 1. The van der Waals surface area contributed by atoms with Crippen LogP contribution in [-0.2, 0) is 14.6 Å². The van der Waals surface area contributed by atoms with Gasteiger partial charge in [-0.2, -0.15) is 0 Å². The third kappa shape index (κ3) is 3.73. The van der Waals surface area contributed by atoms with Gasteiger partial charge in [-0.05, 0) is 42.1 Å². The Hall–Kier alpha value is -3.34. The predicted molar refractivity (Wildman–Crippen MR) is 132 cm³/mol. The third-order valence-electron chi connectivity index (χ3n) is 5.57. The minimum Gasteiger partial charge on any atom is -0.503 e. The molecular weight excluding hydrogens is 492 g/mol. The molecule has 0 saturated heterocycles. The summed E-state index contributed by atoms with van der Waals surface area (Å²) in [4.78, 5) is 33.0. The van der Waals surface area contributed by atoms with E-state index in [1.165, 1.54) is 28.4 Å². The van der Waals surface area contributed by atoms with Gasteiger partial charge in [-0.1, -0.05) is 47.2 Å². The third-order valence-corrected chi connectivity index (χ3v) is 8.57. The van der Waals surface area contributed by atoms with Crippen molar-refractivity contribution in [3.05, 3.63) is 87.3 Å². The topological polar surface area (TPSA) is 105 Å². The van der Waals surface area contributed by atoms with Gasteiger partial charge in [0.25, 0.3) is 5.91 Å². The number of fused-ring (bicyclic) bond motifs is 1. The van der Waals surface area contributed by atoms with Gasteiger partial charge in [0, 0.05) is 6.26 Å². The van der Waals surface area contributed by atoms with Crippen LogP contribution in [0.3, 0.4) is 0 Å². The molecule has 3 heterocycles. The van der Waals surface area contributed by atoms with Crippen LogP contribution < -0.4 is 4.90 Å². The number of anilines is 1. The summed E-state index contributed by atoms with van der Waals surface area (Å²) in [6.45, 7) is 1.93. The van der Waals surface area contributed by atoms with Crippen molar-refractivity contribution in [1.29, 1.82) is 0 Å². The lowest BCUT2D eigenvalue weighted by molar-refractivity contribution is -0.117. The van der Waals surface area contributed by atoms with E-state index in [0.717, 1.165) is 23.2 Å². The van der Waals surface area contributed by atoms with Gasteiger partial charge >= 0.3 is 0 Å². The van der Waals surface area contributed by atoms with Crippen LogP contribution in [0, 0.1) is 6.92 Å². The van der Waals surface area contributed by atoms with E-state index >= 15 is 0 Å². The number of aliphatic hydroxyl groups is 1. The first-order chi connectivity index (χ1) is 16.1. The number of ketones is 1. The second kappa shape index (κ2) is 8.15. The lowest BCUT2D eigenvalue weighted by Crippen LogP contribution is -2.30. The molecule has 1 aliphatic rings. The summed E-state index contributed by atoms with van der Waals surface area (Å²) in [7, 11) is -3.42. The molecule has 7 nitrogen and oxygen atoms in total. The van der Waals surface area contributed by atoms with Crippen molar-refractivity contribution in [3.8, 4) is 0 Å². The van der Waals surface area contributed by atoms with Gasteiger partial charge in [0.2, 0.25) is 5.78 Å². The normalized spacial score (nSPS) is 16.6. The van der Waals surface area contributed by atoms with Gasteiger partial charge < -0.3 is 5.11 Å². The van der Waals surface area contributed by atoms with Gasteiger partial charge in [-0.3, -0.25) is 14.5 Å². The Morgan fingerprint density at radius 2 is 1.85 bits per heavy atom. The fourth-order valence-electron chi connectivity index (χ4n) is 3.87. The number of sulfone groups is 1. The highest BCUT2D eigenvalue weighted by Gasteiger charge is 2.46. The average molecular weight is 511 g/mol. The number of Topliss-reactive ketones (excluding diaryl/α,β-unsaturated/α-hetero) is 1.